The van der Waals surface area contributed by atoms with Crippen molar-refractivity contribution in [1.82, 2.24) is 0 Å². The van der Waals surface area contributed by atoms with Gasteiger partial charge < -0.3 is 5.11 Å². The molecule has 3 heteroatoms. The van der Waals surface area contributed by atoms with E-state index in [-0.39, 0.29) is 12.2 Å². The first kappa shape index (κ1) is 13.7. The lowest BCUT2D eigenvalue weighted by atomic mass is 9.81. The van der Waals surface area contributed by atoms with E-state index < -0.39 is 5.97 Å². The highest BCUT2D eigenvalue weighted by Gasteiger charge is 2.20. The van der Waals surface area contributed by atoms with Gasteiger partial charge >= 0.3 is 5.97 Å². The number of aliphatic carboxylic acids is 1. The molecule has 0 heterocycles. The largest absolute Gasteiger partial charge is 0.481 e. The van der Waals surface area contributed by atoms with Crippen LogP contribution in [0.15, 0.2) is 24.3 Å². The standard InChI is InChI=1S/C14H20O3/c1-2-3-5-12-10-13(15)9-8-11(12)6-4-7-14(16)17/h2,10-11H,1,3-9H2,(H,16,17). The summed E-state index contributed by atoms with van der Waals surface area (Å²) in [7, 11) is 0. The van der Waals surface area contributed by atoms with Gasteiger partial charge in [0.2, 0.25) is 0 Å². The molecule has 1 unspecified atom stereocenters. The number of allylic oxidation sites excluding steroid dienone is 3. The highest BCUT2D eigenvalue weighted by Crippen LogP contribution is 2.30. The highest BCUT2D eigenvalue weighted by atomic mass is 16.4. The van der Waals surface area contributed by atoms with Crippen molar-refractivity contribution in [2.45, 2.75) is 44.9 Å². The van der Waals surface area contributed by atoms with Crippen LogP contribution in [-0.2, 0) is 9.59 Å². The van der Waals surface area contributed by atoms with Crippen molar-refractivity contribution >= 4 is 11.8 Å². The Morgan fingerprint density at radius 2 is 2.35 bits per heavy atom. The van der Waals surface area contributed by atoms with Gasteiger partial charge in [-0.2, -0.15) is 0 Å². The monoisotopic (exact) mass is 236 g/mol. The van der Waals surface area contributed by atoms with Crippen LogP contribution in [0.2, 0.25) is 0 Å². The normalized spacial score (nSPS) is 19.9. The number of carboxylic acid groups (broad SMARTS) is 1. The molecule has 17 heavy (non-hydrogen) atoms. The van der Waals surface area contributed by atoms with Gasteiger partial charge in [0, 0.05) is 12.8 Å². The van der Waals surface area contributed by atoms with E-state index in [1.165, 1.54) is 5.57 Å². The Morgan fingerprint density at radius 3 is 3.00 bits per heavy atom. The summed E-state index contributed by atoms with van der Waals surface area (Å²) in [6, 6.07) is 0. The van der Waals surface area contributed by atoms with Gasteiger partial charge in [-0.3, -0.25) is 9.59 Å². The molecule has 3 nitrogen and oxygen atoms in total. The van der Waals surface area contributed by atoms with E-state index in [9.17, 15) is 9.59 Å². The van der Waals surface area contributed by atoms with Crippen LogP contribution in [0.25, 0.3) is 0 Å². The van der Waals surface area contributed by atoms with Crippen molar-refractivity contribution in [3.05, 3.63) is 24.3 Å². The van der Waals surface area contributed by atoms with Gasteiger partial charge in [0.05, 0.1) is 0 Å². The molecule has 0 amide bonds. The Kier molecular flexibility index (Phi) is 5.67. The Labute approximate surface area is 102 Å². The molecule has 94 valence electrons. The van der Waals surface area contributed by atoms with Crippen molar-refractivity contribution in [1.29, 1.82) is 0 Å². The zero-order valence-corrected chi connectivity index (χ0v) is 10.2. The molecule has 0 saturated carbocycles. The average molecular weight is 236 g/mol. The van der Waals surface area contributed by atoms with Crippen LogP contribution < -0.4 is 0 Å². The molecule has 0 radical (unpaired) electrons. The first-order valence-electron chi connectivity index (χ1n) is 6.19. The predicted octanol–water partition coefficient (Wildman–Crippen LogP) is 3.11. The number of hydrogen-bond donors (Lipinski definition) is 1. The molecule has 0 aromatic rings. The molecule has 1 rings (SSSR count). The molecule has 0 bridgehead atoms. The lowest BCUT2D eigenvalue weighted by Gasteiger charge is -2.23. The van der Waals surface area contributed by atoms with Crippen molar-refractivity contribution in [3.8, 4) is 0 Å². The molecular weight excluding hydrogens is 216 g/mol. The molecule has 1 aliphatic carbocycles. The molecule has 0 saturated heterocycles. The van der Waals surface area contributed by atoms with Crippen LogP contribution in [0.3, 0.4) is 0 Å². The third kappa shape index (κ3) is 4.98. The fraction of sp³-hybridized carbons (Fsp3) is 0.571. The van der Waals surface area contributed by atoms with E-state index in [4.69, 9.17) is 5.11 Å². The maximum atomic E-state index is 11.4. The molecular formula is C14H20O3. The lowest BCUT2D eigenvalue weighted by molar-refractivity contribution is -0.137. The van der Waals surface area contributed by atoms with Crippen LogP contribution >= 0.6 is 0 Å². The molecule has 0 spiro atoms. The van der Waals surface area contributed by atoms with Crippen molar-refractivity contribution in [3.63, 3.8) is 0 Å². The van der Waals surface area contributed by atoms with Crippen LogP contribution in [0.5, 0.6) is 0 Å². The molecule has 0 aliphatic heterocycles. The van der Waals surface area contributed by atoms with E-state index in [1.54, 1.807) is 6.08 Å². The van der Waals surface area contributed by atoms with Crippen molar-refractivity contribution in [2.24, 2.45) is 5.92 Å². The summed E-state index contributed by atoms with van der Waals surface area (Å²) < 4.78 is 0. The summed E-state index contributed by atoms with van der Waals surface area (Å²) >= 11 is 0. The number of carboxylic acids is 1. The topological polar surface area (TPSA) is 54.4 Å². The van der Waals surface area contributed by atoms with Crippen molar-refractivity contribution in [2.75, 3.05) is 0 Å². The smallest absolute Gasteiger partial charge is 0.303 e. The molecule has 0 aromatic heterocycles. The lowest BCUT2D eigenvalue weighted by Crippen LogP contribution is -2.14. The second kappa shape index (κ2) is 7.05. The van der Waals surface area contributed by atoms with E-state index in [0.29, 0.717) is 18.8 Å². The third-order valence-electron chi connectivity index (χ3n) is 3.19. The summed E-state index contributed by atoms with van der Waals surface area (Å²) in [4.78, 5) is 21.8. The van der Waals surface area contributed by atoms with Gasteiger partial charge in [0.25, 0.3) is 0 Å². The quantitative estimate of drug-likeness (QED) is 0.691. The Balaban J connectivity index is 2.49. The first-order chi connectivity index (χ1) is 8.13. The third-order valence-corrected chi connectivity index (χ3v) is 3.19. The minimum absolute atomic E-state index is 0.207. The van der Waals surface area contributed by atoms with Crippen molar-refractivity contribution < 1.29 is 14.7 Å². The Bertz CT molecular complexity index is 328. The predicted molar refractivity (Wildman–Crippen MR) is 66.7 cm³/mol. The van der Waals surface area contributed by atoms with E-state index in [1.807, 2.05) is 6.08 Å². The maximum absolute atomic E-state index is 11.4. The summed E-state index contributed by atoms with van der Waals surface area (Å²) in [5, 5.41) is 8.61. The average Bonchev–Trinajstić information content (AvgIpc) is 2.28. The number of carbonyl (C=O) groups is 2. The first-order valence-corrected chi connectivity index (χ1v) is 6.19. The zero-order chi connectivity index (χ0) is 12.7. The van der Waals surface area contributed by atoms with Gasteiger partial charge in [-0.25, -0.2) is 0 Å². The van der Waals surface area contributed by atoms with Crippen LogP contribution in [0.1, 0.15) is 44.9 Å². The van der Waals surface area contributed by atoms with Gasteiger partial charge in [0.1, 0.15) is 0 Å². The number of carbonyl (C=O) groups excluding carboxylic acids is 1. The van der Waals surface area contributed by atoms with Gasteiger partial charge in [-0.05, 0) is 44.1 Å². The highest BCUT2D eigenvalue weighted by molar-refractivity contribution is 5.91. The SMILES string of the molecule is C=CCCC1=CC(=O)CCC1CCCC(=O)O. The maximum Gasteiger partial charge on any atom is 0.303 e. The minimum Gasteiger partial charge on any atom is -0.481 e. The summed E-state index contributed by atoms with van der Waals surface area (Å²) in [5.74, 6) is -0.140. The fourth-order valence-electron chi connectivity index (χ4n) is 2.27. The second-order valence-corrected chi connectivity index (χ2v) is 4.53. The minimum atomic E-state index is -0.742. The second-order valence-electron chi connectivity index (χ2n) is 4.53. The number of hydrogen-bond acceptors (Lipinski definition) is 2. The molecule has 0 fully saturated rings. The van der Waals surface area contributed by atoms with Crippen LogP contribution in [0, 0.1) is 5.92 Å². The van der Waals surface area contributed by atoms with Gasteiger partial charge in [0.15, 0.2) is 5.78 Å². The molecule has 1 aliphatic rings. The van der Waals surface area contributed by atoms with E-state index in [2.05, 4.69) is 6.58 Å². The molecule has 1 atom stereocenters. The molecule has 0 aromatic carbocycles. The summed E-state index contributed by atoms with van der Waals surface area (Å²) in [6.07, 6.45) is 8.66. The Morgan fingerprint density at radius 1 is 1.59 bits per heavy atom. The fourth-order valence-corrected chi connectivity index (χ4v) is 2.27. The number of ketones is 1. The van der Waals surface area contributed by atoms with E-state index in [0.717, 1.165) is 25.7 Å². The Hall–Kier alpha value is -1.38. The zero-order valence-electron chi connectivity index (χ0n) is 10.2. The van der Waals surface area contributed by atoms with E-state index >= 15 is 0 Å². The summed E-state index contributed by atoms with van der Waals surface area (Å²) in [6.45, 7) is 3.68. The number of rotatable bonds is 7. The summed E-state index contributed by atoms with van der Waals surface area (Å²) in [5.41, 5.74) is 1.19. The van der Waals surface area contributed by atoms with Crippen LogP contribution in [0.4, 0.5) is 0 Å². The van der Waals surface area contributed by atoms with Gasteiger partial charge in [-0.1, -0.05) is 11.6 Å². The van der Waals surface area contributed by atoms with Crippen LogP contribution in [-0.4, -0.2) is 16.9 Å². The van der Waals surface area contributed by atoms with Gasteiger partial charge in [-0.15, -0.1) is 6.58 Å². The molecule has 1 N–H and O–H groups in total.